The topological polar surface area (TPSA) is 78.5 Å². The van der Waals surface area contributed by atoms with Crippen LogP contribution in [0.4, 0.5) is 16.2 Å². The van der Waals surface area contributed by atoms with Crippen molar-refractivity contribution in [3.63, 3.8) is 0 Å². The molecule has 0 bridgehead atoms. The largest absolute Gasteiger partial charge is 0.323 e. The van der Waals surface area contributed by atoms with Crippen LogP contribution >= 0.6 is 23.2 Å². The molecule has 0 fully saturated rings. The summed E-state index contributed by atoms with van der Waals surface area (Å²) in [6.07, 6.45) is 0. The first kappa shape index (κ1) is 19.2. The third kappa shape index (κ3) is 4.23. The van der Waals surface area contributed by atoms with Crippen molar-refractivity contribution in [2.75, 3.05) is 17.2 Å². The number of anilines is 2. The summed E-state index contributed by atoms with van der Waals surface area (Å²) in [6.45, 7) is 4.22. The van der Waals surface area contributed by atoms with Crippen LogP contribution in [0.25, 0.3) is 0 Å². The van der Waals surface area contributed by atoms with Crippen molar-refractivity contribution in [1.29, 1.82) is 0 Å². The number of amides is 4. The van der Waals surface area contributed by atoms with Gasteiger partial charge in [0, 0.05) is 28.0 Å². The average Bonchev–Trinajstić information content (AvgIpc) is 2.78. The summed E-state index contributed by atoms with van der Waals surface area (Å²) < 4.78 is 0. The lowest BCUT2D eigenvalue weighted by Crippen LogP contribution is -2.33. The van der Waals surface area contributed by atoms with Crippen molar-refractivity contribution in [2.45, 2.75) is 13.8 Å². The Balaban J connectivity index is 1.75. The molecule has 0 radical (unpaired) electrons. The standard InChI is InChI=1S/C19H17Cl2N3O3/c1-10(2)9-24-17(25)15-4-3-13(8-16(15)18(24)26)22-19(27)23-14-6-11(20)5-12(21)7-14/h3-8,10H,9H2,1-2H3,(H2,22,23,27). The quantitative estimate of drug-likeness (QED) is 0.710. The van der Waals surface area contributed by atoms with E-state index in [4.69, 9.17) is 23.2 Å². The Labute approximate surface area is 166 Å². The fourth-order valence-electron chi connectivity index (χ4n) is 2.82. The lowest BCUT2D eigenvalue weighted by Gasteiger charge is -2.15. The van der Waals surface area contributed by atoms with Crippen LogP contribution in [0.5, 0.6) is 0 Å². The van der Waals surface area contributed by atoms with Crippen LogP contribution in [0.2, 0.25) is 10.0 Å². The Hall–Kier alpha value is -2.57. The molecule has 0 saturated heterocycles. The highest BCUT2D eigenvalue weighted by atomic mass is 35.5. The van der Waals surface area contributed by atoms with Crippen LogP contribution < -0.4 is 10.6 Å². The highest BCUT2D eigenvalue weighted by molar-refractivity contribution is 6.35. The zero-order valence-electron chi connectivity index (χ0n) is 14.7. The van der Waals surface area contributed by atoms with Gasteiger partial charge in [0.1, 0.15) is 0 Å². The van der Waals surface area contributed by atoms with E-state index in [-0.39, 0.29) is 23.3 Å². The molecule has 0 aliphatic carbocycles. The zero-order valence-corrected chi connectivity index (χ0v) is 16.2. The van der Waals surface area contributed by atoms with Gasteiger partial charge in [-0.3, -0.25) is 14.5 Å². The first-order chi connectivity index (χ1) is 12.7. The van der Waals surface area contributed by atoms with Crippen molar-refractivity contribution in [3.8, 4) is 0 Å². The second-order valence-corrected chi connectivity index (χ2v) is 7.49. The van der Waals surface area contributed by atoms with Crippen LogP contribution in [-0.4, -0.2) is 29.3 Å². The highest BCUT2D eigenvalue weighted by Gasteiger charge is 2.35. The maximum absolute atomic E-state index is 12.5. The van der Waals surface area contributed by atoms with Gasteiger partial charge < -0.3 is 10.6 Å². The summed E-state index contributed by atoms with van der Waals surface area (Å²) in [6, 6.07) is 8.76. The lowest BCUT2D eigenvalue weighted by atomic mass is 10.1. The number of benzene rings is 2. The number of rotatable bonds is 4. The summed E-state index contributed by atoms with van der Waals surface area (Å²) in [5, 5.41) is 6.03. The molecule has 2 aromatic rings. The van der Waals surface area contributed by atoms with E-state index in [0.717, 1.165) is 0 Å². The molecule has 0 saturated carbocycles. The van der Waals surface area contributed by atoms with Gasteiger partial charge in [-0.25, -0.2) is 4.79 Å². The molecule has 2 aromatic carbocycles. The van der Waals surface area contributed by atoms with E-state index in [9.17, 15) is 14.4 Å². The monoisotopic (exact) mass is 405 g/mol. The Bertz CT molecular complexity index is 924. The molecule has 0 aromatic heterocycles. The van der Waals surface area contributed by atoms with E-state index < -0.39 is 6.03 Å². The second kappa shape index (κ2) is 7.58. The van der Waals surface area contributed by atoms with Crippen LogP contribution in [0.1, 0.15) is 34.6 Å². The fraction of sp³-hybridized carbons (Fsp3) is 0.211. The Morgan fingerprint density at radius 1 is 0.926 bits per heavy atom. The number of hydrogen-bond donors (Lipinski definition) is 2. The predicted molar refractivity (Wildman–Crippen MR) is 106 cm³/mol. The maximum atomic E-state index is 12.5. The number of nitrogens with zero attached hydrogens (tertiary/aromatic N) is 1. The van der Waals surface area contributed by atoms with Crippen molar-refractivity contribution in [2.24, 2.45) is 5.92 Å². The van der Waals surface area contributed by atoms with Crippen molar-refractivity contribution in [1.82, 2.24) is 4.90 Å². The zero-order chi connectivity index (χ0) is 19.7. The second-order valence-electron chi connectivity index (χ2n) is 6.61. The first-order valence-electron chi connectivity index (χ1n) is 8.29. The van der Waals surface area contributed by atoms with E-state index in [2.05, 4.69) is 10.6 Å². The molecule has 2 N–H and O–H groups in total. The molecule has 4 amide bonds. The number of nitrogens with one attached hydrogen (secondary N) is 2. The van der Waals surface area contributed by atoms with E-state index in [1.165, 1.54) is 11.0 Å². The summed E-state index contributed by atoms with van der Waals surface area (Å²) in [5.74, 6) is -0.497. The van der Waals surface area contributed by atoms with E-state index >= 15 is 0 Å². The average molecular weight is 406 g/mol. The van der Waals surface area contributed by atoms with Gasteiger partial charge in [-0.1, -0.05) is 37.0 Å². The summed E-state index contributed by atoms with van der Waals surface area (Å²) in [7, 11) is 0. The molecule has 3 rings (SSSR count). The van der Waals surface area contributed by atoms with Crippen molar-refractivity contribution in [3.05, 3.63) is 57.6 Å². The molecular weight excluding hydrogens is 389 g/mol. The molecule has 0 spiro atoms. The van der Waals surface area contributed by atoms with Gasteiger partial charge in [-0.05, 0) is 42.3 Å². The minimum atomic E-state index is -0.524. The van der Waals surface area contributed by atoms with E-state index in [1.807, 2.05) is 13.8 Å². The third-order valence-electron chi connectivity index (χ3n) is 3.90. The number of halogens is 2. The van der Waals surface area contributed by atoms with E-state index in [0.29, 0.717) is 33.5 Å². The molecule has 27 heavy (non-hydrogen) atoms. The number of imide groups is 1. The summed E-state index contributed by atoms with van der Waals surface area (Å²) >= 11 is 11.8. The van der Waals surface area contributed by atoms with Gasteiger partial charge in [-0.2, -0.15) is 0 Å². The Kier molecular flexibility index (Phi) is 5.39. The van der Waals surface area contributed by atoms with Gasteiger partial charge >= 0.3 is 6.03 Å². The normalized spacial score (nSPS) is 13.1. The third-order valence-corrected chi connectivity index (χ3v) is 4.33. The van der Waals surface area contributed by atoms with Crippen LogP contribution in [-0.2, 0) is 0 Å². The maximum Gasteiger partial charge on any atom is 0.323 e. The van der Waals surface area contributed by atoms with E-state index in [1.54, 1.807) is 30.3 Å². The van der Waals surface area contributed by atoms with Gasteiger partial charge in [-0.15, -0.1) is 0 Å². The number of carbonyl (C=O) groups is 3. The molecule has 0 unspecified atom stereocenters. The predicted octanol–water partition coefficient (Wildman–Crippen LogP) is 4.89. The van der Waals surface area contributed by atoms with Crippen LogP contribution in [0, 0.1) is 5.92 Å². The minimum Gasteiger partial charge on any atom is -0.308 e. The Morgan fingerprint density at radius 3 is 2.15 bits per heavy atom. The van der Waals surface area contributed by atoms with Gasteiger partial charge in [0.25, 0.3) is 11.8 Å². The van der Waals surface area contributed by atoms with Gasteiger partial charge in [0.15, 0.2) is 0 Å². The highest BCUT2D eigenvalue weighted by Crippen LogP contribution is 2.27. The number of urea groups is 1. The molecule has 1 heterocycles. The van der Waals surface area contributed by atoms with Gasteiger partial charge in [0.2, 0.25) is 0 Å². The number of fused-ring (bicyclic) bond motifs is 1. The summed E-state index contributed by atoms with van der Waals surface area (Å²) in [4.78, 5) is 38.3. The molecule has 1 aliphatic heterocycles. The van der Waals surface area contributed by atoms with Gasteiger partial charge in [0.05, 0.1) is 11.1 Å². The molecule has 1 aliphatic rings. The van der Waals surface area contributed by atoms with Crippen molar-refractivity contribution >= 4 is 52.4 Å². The molecule has 140 valence electrons. The number of carbonyl (C=O) groups excluding carboxylic acids is 3. The molecule has 8 heteroatoms. The number of hydrogen-bond acceptors (Lipinski definition) is 3. The fourth-order valence-corrected chi connectivity index (χ4v) is 3.34. The smallest absolute Gasteiger partial charge is 0.308 e. The van der Waals surface area contributed by atoms with Crippen LogP contribution in [0.3, 0.4) is 0 Å². The minimum absolute atomic E-state index is 0.167. The SMILES string of the molecule is CC(C)CN1C(=O)c2ccc(NC(=O)Nc3cc(Cl)cc(Cl)c3)cc2C1=O. The van der Waals surface area contributed by atoms with Crippen molar-refractivity contribution < 1.29 is 14.4 Å². The molecular formula is C19H17Cl2N3O3. The summed E-state index contributed by atoms with van der Waals surface area (Å²) in [5.41, 5.74) is 1.45. The molecule has 6 nitrogen and oxygen atoms in total. The lowest BCUT2D eigenvalue weighted by molar-refractivity contribution is 0.0636. The Morgan fingerprint density at radius 2 is 1.52 bits per heavy atom. The molecule has 0 atom stereocenters. The first-order valence-corrected chi connectivity index (χ1v) is 9.04. The van der Waals surface area contributed by atoms with Crippen LogP contribution in [0.15, 0.2) is 36.4 Å².